The molecular weight excluding hydrogens is 252 g/mol. The number of imidazole rings is 1. The van der Waals surface area contributed by atoms with Crippen molar-refractivity contribution in [2.45, 2.75) is 19.4 Å². The van der Waals surface area contributed by atoms with E-state index in [-0.39, 0.29) is 0 Å². The fourth-order valence-electron chi connectivity index (χ4n) is 2.29. The summed E-state index contributed by atoms with van der Waals surface area (Å²) in [5.74, 6) is 1.62. The highest BCUT2D eigenvalue weighted by Crippen LogP contribution is 2.22. The first-order valence-electron chi connectivity index (χ1n) is 6.70. The lowest BCUT2D eigenvalue weighted by atomic mass is 10.3. The van der Waals surface area contributed by atoms with Gasteiger partial charge in [0.15, 0.2) is 0 Å². The summed E-state index contributed by atoms with van der Waals surface area (Å²) in [6.45, 7) is 1.89. The van der Waals surface area contributed by atoms with E-state index in [0.717, 1.165) is 42.1 Å². The van der Waals surface area contributed by atoms with Gasteiger partial charge in [0, 0.05) is 12.6 Å². The van der Waals surface area contributed by atoms with Crippen molar-refractivity contribution in [2.75, 3.05) is 27.7 Å². The van der Waals surface area contributed by atoms with E-state index in [1.165, 1.54) is 0 Å². The fraction of sp³-hybridized carbons (Fsp3) is 0.467. The van der Waals surface area contributed by atoms with Crippen molar-refractivity contribution in [1.82, 2.24) is 14.5 Å². The third kappa shape index (κ3) is 3.09. The zero-order valence-electron chi connectivity index (χ0n) is 12.3. The van der Waals surface area contributed by atoms with Crippen LogP contribution in [-0.4, -0.2) is 42.2 Å². The van der Waals surface area contributed by atoms with Gasteiger partial charge in [0.2, 0.25) is 0 Å². The molecule has 0 aliphatic rings. The molecule has 0 atom stereocenters. The molecule has 0 aliphatic heterocycles. The molecule has 1 heterocycles. The van der Waals surface area contributed by atoms with Crippen LogP contribution in [0.5, 0.6) is 5.75 Å². The quantitative estimate of drug-likeness (QED) is 0.807. The second-order valence-electron chi connectivity index (χ2n) is 5.03. The number of rotatable bonds is 6. The number of nitriles is 1. The number of benzene rings is 1. The monoisotopic (exact) mass is 272 g/mol. The maximum Gasteiger partial charge on any atom is 0.124 e. The first-order chi connectivity index (χ1) is 9.65. The van der Waals surface area contributed by atoms with Crippen molar-refractivity contribution in [3.63, 3.8) is 0 Å². The Bertz CT molecular complexity index is 625. The number of methoxy groups -OCH3 is 1. The molecule has 0 spiro atoms. The number of hydrogen-bond acceptors (Lipinski definition) is 4. The standard InChI is InChI=1S/C15H20N4O/c1-18(2)9-4-10-19-14-6-5-12(20-3)11-13(14)17-15(19)7-8-16/h5-6,11H,4,7,9-10H2,1-3H3. The predicted octanol–water partition coefficient (Wildman–Crippen LogP) is 2.06. The molecule has 5 nitrogen and oxygen atoms in total. The number of hydrogen-bond donors (Lipinski definition) is 0. The van der Waals surface area contributed by atoms with Gasteiger partial charge in [-0.1, -0.05) is 0 Å². The van der Waals surface area contributed by atoms with Gasteiger partial charge in [0.05, 0.1) is 30.6 Å². The SMILES string of the molecule is COc1ccc2c(c1)nc(CC#N)n2CCCN(C)C. The second kappa shape index (κ2) is 6.40. The molecule has 106 valence electrons. The van der Waals surface area contributed by atoms with Crippen molar-refractivity contribution in [3.8, 4) is 11.8 Å². The molecule has 1 aromatic heterocycles. The molecule has 5 heteroatoms. The van der Waals surface area contributed by atoms with Crippen molar-refractivity contribution in [1.29, 1.82) is 5.26 Å². The smallest absolute Gasteiger partial charge is 0.124 e. The Morgan fingerprint density at radius 3 is 2.85 bits per heavy atom. The van der Waals surface area contributed by atoms with Crippen molar-refractivity contribution >= 4 is 11.0 Å². The lowest BCUT2D eigenvalue weighted by molar-refractivity contribution is 0.386. The number of nitrogens with zero attached hydrogens (tertiary/aromatic N) is 4. The van der Waals surface area contributed by atoms with Gasteiger partial charge < -0.3 is 14.2 Å². The van der Waals surface area contributed by atoms with Gasteiger partial charge in [-0.15, -0.1) is 0 Å². The molecule has 2 rings (SSSR count). The third-order valence-electron chi connectivity index (χ3n) is 3.26. The van der Waals surface area contributed by atoms with Crippen LogP contribution < -0.4 is 4.74 Å². The summed E-state index contributed by atoms with van der Waals surface area (Å²) in [6.07, 6.45) is 1.36. The molecule has 2 aromatic rings. The van der Waals surface area contributed by atoms with Crippen LogP contribution in [0, 0.1) is 11.3 Å². The Kier molecular flexibility index (Phi) is 4.59. The van der Waals surface area contributed by atoms with Crippen molar-refractivity contribution < 1.29 is 4.74 Å². The molecule has 0 saturated carbocycles. The van der Waals surface area contributed by atoms with Crippen molar-refractivity contribution in [2.24, 2.45) is 0 Å². The molecule has 0 fully saturated rings. The Balaban J connectivity index is 2.33. The highest BCUT2D eigenvalue weighted by molar-refractivity contribution is 5.77. The Hall–Kier alpha value is -2.06. The lowest BCUT2D eigenvalue weighted by Crippen LogP contribution is -2.15. The van der Waals surface area contributed by atoms with Crippen LogP contribution in [0.3, 0.4) is 0 Å². The Labute approximate surface area is 119 Å². The van der Waals surface area contributed by atoms with E-state index < -0.39 is 0 Å². The van der Waals surface area contributed by atoms with Crippen LogP contribution in [-0.2, 0) is 13.0 Å². The second-order valence-corrected chi connectivity index (χ2v) is 5.03. The minimum absolute atomic E-state index is 0.332. The fourth-order valence-corrected chi connectivity index (χ4v) is 2.29. The van der Waals surface area contributed by atoms with Gasteiger partial charge in [-0.25, -0.2) is 4.98 Å². The average molecular weight is 272 g/mol. The van der Waals surface area contributed by atoms with Crippen LogP contribution in [0.1, 0.15) is 12.2 Å². The van der Waals surface area contributed by atoms with Gasteiger partial charge in [0.25, 0.3) is 0 Å². The largest absolute Gasteiger partial charge is 0.497 e. The number of aryl methyl sites for hydroxylation is 1. The van der Waals surface area contributed by atoms with Crippen LogP contribution in [0.25, 0.3) is 11.0 Å². The molecule has 0 N–H and O–H groups in total. The zero-order valence-corrected chi connectivity index (χ0v) is 12.3. The zero-order chi connectivity index (χ0) is 14.5. The first kappa shape index (κ1) is 14.4. The van der Waals surface area contributed by atoms with Crippen LogP contribution in [0.15, 0.2) is 18.2 Å². The summed E-state index contributed by atoms with van der Waals surface area (Å²) in [5, 5.41) is 8.95. The van der Waals surface area contributed by atoms with E-state index in [0.29, 0.717) is 6.42 Å². The van der Waals surface area contributed by atoms with Crippen LogP contribution in [0.2, 0.25) is 0 Å². The molecule has 0 unspecified atom stereocenters. The molecular formula is C15H20N4O. The average Bonchev–Trinajstić information content (AvgIpc) is 2.76. The molecule has 0 bridgehead atoms. The maximum absolute atomic E-state index is 8.95. The minimum Gasteiger partial charge on any atom is -0.497 e. The molecule has 0 saturated heterocycles. The third-order valence-corrected chi connectivity index (χ3v) is 3.26. The van der Waals surface area contributed by atoms with E-state index in [2.05, 4.69) is 34.6 Å². The summed E-state index contributed by atoms with van der Waals surface area (Å²) < 4.78 is 7.36. The van der Waals surface area contributed by atoms with E-state index in [4.69, 9.17) is 10.00 Å². The first-order valence-corrected chi connectivity index (χ1v) is 6.70. The van der Waals surface area contributed by atoms with Crippen LogP contribution in [0.4, 0.5) is 0 Å². The molecule has 0 amide bonds. The van der Waals surface area contributed by atoms with E-state index in [9.17, 15) is 0 Å². The van der Waals surface area contributed by atoms with Gasteiger partial charge >= 0.3 is 0 Å². The summed E-state index contributed by atoms with van der Waals surface area (Å²) >= 11 is 0. The summed E-state index contributed by atoms with van der Waals surface area (Å²) in [4.78, 5) is 6.71. The lowest BCUT2D eigenvalue weighted by Gasteiger charge is -2.11. The Morgan fingerprint density at radius 1 is 1.40 bits per heavy atom. The highest BCUT2D eigenvalue weighted by Gasteiger charge is 2.11. The van der Waals surface area contributed by atoms with E-state index >= 15 is 0 Å². The van der Waals surface area contributed by atoms with E-state index in [1.807, 2.05) is 18.2 Å². The molecule has 20 heavy (non-hydrogen) atoms. The van der Waals surface area contributed by atoms with Gasteiger partial charge in [-0.05, 0) is 39.2 Å². The number of aromatic nitrogens is 2. The molecule has 0 radical (unpaired) electrons. The van der Waals surface area contributed by atoms with Gasteiger partial charge in [0.1, 0.15) is 11.6 Å². The maximum atomic E-state index is 8.95. The Morgan fingerprint density at radius 2 is 2.20 bits per heavy atom. The highest BCUT2D eigenvalue weighted by atomic mass is 16.5. The molecule has 1 aromatic carbocycles. The predicted molar refractivity (Wildman–Crippen MR) is 78.8 cm³/mol. The van der Waals surface area contributed by atoms with Gasteiger partial charge in [-0.2, -0.15) is 5.26 Å². The summed E-state index contributed by atoms with van der Waals surface area (Å²) in [6, 6.07) is 8.05. The van der Waals surface area contributed by atoms with Crippen LogP contribution >= 0.6 is 0 Å². The minimum atomic E-state index is 0.332. The normalized spacial score (nSPS) is 10.9. The van der Waals surface area contributed by atoms with Gasteiger partial charge in [-0.3, -0.25) is 0 Å². The number of fused-ring (bicyclic) bond motifs is 1. The van der Waals surface area contributed by atoms with E-state index in [1.54, 1.807) is 7.11 Å². The summed E-state index contributed by atoms with van der Waals surface area (Å²) in [7, 11) is 5.77. The number of ether oxygens (including phenoxy) is 1. The topological polar surface area (TPSA) is 54.1 Å². The summed E-state index contributed by atoms with van der Waals surface area (Å²) in [5.41, 5.74) is 1.95. The van der Waals surface area contributed by atoms with Crippen molar-refractivity contribution in [3.05, 3.63) is 24.0 Å². The molecule has 0 aliphatic carbocycles.